The van der Waals surface area contributed by atoms with Crippen molar-refractivity contribution in [2.75, 3.05) is 59.2 Å². The topological polar surface area (TPSA) is 155 Å². The van der Waals surface area contributed by atoms with E-state index in [1.807, 2.05) is 44.2 Å². The van der Waals surface area contributed by atoms with Crippen LogP contribution in [0.3, 0.4) is 0 Å². The third kappa shape index (κ3) is 8.82. The SMILES string of the molecule is CC(C)CN(C[C@@H](O)[C@H](Cc1ccccc1)NC(=O)[C@@H]1COCCN1)S(=O)(=O)c1ccc(S(=O)(=O)N2CCOCC2)cc1. The van der Waals surface area contributed by atoms with Gasteiger partial charge >= 0.3 is 0 Å². The number of amides is 1. The van der Waals surface area contributed by atoms with Gasteiger partial charge in [-0.3, -0.25) is 4.79 Å². The lowest BCUT2D eigenvalue weighted by atomic mass is 10.0. The molecule has 0 bridgehead atoms. The molecular formula is C29H42N4O8S2. The summed E-state index contributed by atoms with van der Waals surface area (Å²) < 4.78 is 66.9. The molecule has 2 aliphatic rings. The van der Waals surface area contributed by atoms with E-state index in [1.54, 1.807) is 0 Å². The first-order valence-corrected chi connectivity index (χ1v) is 17.4. The number of nitrogens with zero attached hydrogens (tertiary/aromatic N) is 2. The Labute approximate surface area is 254 Å². The fraction of sp³-hybridized carbons (Fsp3) is 0.552. The van der Waals surface area contributed by atoms with Crippen molar-refractivity contribution in [2.24, 2.45) is 5.92 Å². The summed E-state index contributed by atoms with van der Waals surface area (Å²) in [5.74, 6) is -0.413. The molecule has 0 aromatic heterocycles. The van der Waals surface area contributed by atoms with Crippen molar-refractivity contribution in [1.29, 1.82) is 0 Å². The van der Waals surface area contributed by atoms with Crippen LogP contribution in [0.25, 0.3) is 0 Å². The molecule has 1 amide bonds. The summed E-state index contributed by atoms with van der Waals surface area (Å²) in [6.45, 7) is 5.85. The van der Waals surface area contributed by atoms with Crippen LogP contribution >= 0.6 is 0 Å². The van der Waals surface area contributed by atoms with Gasteiger partial charge in [-0.05, 0) is 42.2 Å². The van der Waals surface area contributed by atoms with Crippen LogP contribution in [0.5, 0.6) is 0 Å². The summed E-state index contributed by atoms with van der Waals surface area (Å²) >= 11 is 0. The van der Waals surface area contributed by atoms with Gasteiger partial charge in [-0.1, -0.05) is 44.2 Å². The largest absolute Gasteiger partial charge is 0.390 e. The molecule has 2 fully saturated rings. The number of sulfonamides is 2. The highest BCUT2D eigenvalue weighted by Gasteiger charge is 2.33. The fourth-order valence-electron chi connectivity index (χ4n) is 5.05. The van der Waals surface area contributed by atoms with Crippen molar-refractivity contribution in [3.8, 4) is 0 Å². The predicted molar refractivity (Wildman–Crippen MR) is 160 cm³/mol. The van der Waals surface area contributed by atoms with Crippen LogP contribution in [-0.2, 0) is 40.7 Å². The van der Waals surface area contributed by atoms with Crippen molar-refractivity contribution in [3.63, 3.8) is 0 Å². The van der Waals surface area contributed by atoms with E-state index in [0.29, 0.717) is 26.4 Å². The van der Waals surface area contributed by atoms with E-state index >= 15 is 0 Å². The molecule has 238 valence electrons. The first kappa shape index (κ1) is 33.5. The van der Waals surface area contributed by atoms with Gasteiger partial charge in [0.15, 0.2) is 0 Å². The summed E-state index contributed by atoms with van der Waals surface area (Å²) in [6, 6.07) is 13.1. The molecule has 2 aromatic rings. The van der Waals surface area contributed by atoms with Gasteiger partial charge in [0.1, 0.15) is 6.04 Å². The molecule has 0 saturated carbocycles. The van der Waals surface area contributed by atoms with Gasteiger partial charge in [0.25, 0.3) is 0 Å². The number of nitrogens with one attached hydrogen (secondary N) is 2. The van der Waals surface area contributed by atoms with Crippen LogP contribution in [0.15, 0.2) is 64.4 Å². The second-order valence-corrected chi connectivity index (χ2v) is 15.0. The Morgan fingerprint density at radius 2 is 1.63 bits per heavy atom. The third-order valence-electron chi connectivity index (χ3n) is 7.36. The monoisotopic (exact) mass is 638 g/mol. The zero-order valence-electron chi connectivity index (χ0n) is 24.6. The van der Waals surface area contributed by atoms with E-state index in [0.717, 1.165) is 5.56 Å². The molecule has 0 spiro atoms. The number of aliphatic hydroxyl groups is 1. The number of aliphatic hydroxyl groups excluding tert-OH is 1. The molecule has 43 heavy (non-hydrogen) atoms. The van der Waals surface area contributed by atoms with Gasteiger partial charge in [0, 0.05) is 32.7 Å². The number of carbonyl (C=O) groups excluding carboxylic acids is 1. The van der Waals surface area contributed by atoms with Gasteiger partial charge in [0.2, 0.25) is 26.0 Å². The Balaban J connectivity index is 1.55. The van der Waals surface area contributed by atoms with Crippen LogP contribution in [0, 0.1) is 5.92 Å². The summed E-state index contributed by atoms with van der Waals surface area (Å²) in [5.41, 5.74) is 0.870. The molecule has 14 heteroatoms. The smallest absolute Gasteiger partial charge is 0.243 e. The Morgan fingerprint density at radius 1 is 0.977 bits per heavy atom. The first-order valence-electron chi connectivity index (χ1n) is 14.5. The number of ether oxygens (including phenoxy) is 2. The minimum absolute atomic E-state index is 0.00488. The molecule has 2 aromatic carbocycles. The molecule has 2 aliphatic heterocycles. The standard InChI is InChI=1S/C29H42N4O8S2/c1-22(2)19-33(43(38,39)25-10-8-24(9-11-25)42(36,37)32-13-16-40-17-14-32)20-28(34)26(18-23-6-4-3-5-7-23)31-29(35)27-21-41-15-12-30-27/h3-11,22,26-28,30,34H,12-21H2,1-2H3,(H,31,35)/t26-,27-,28+/m0/s1. The summed E-state index contributed by atoms with van der Waals surface area (Å²) in [4.78, 5) is 13.0. The Morgan fingerprint density at radius 3 is 2.23 bits per heavy atom. The van der Waals surface area contributed by atoms with Gasteiger partial charge < -0.3 is 25.2 Å². The van der Waals surface area contributed by atoms with Crippen LogP contribution < -0.4 is 10.6 Å². The lowest BCUT2D eigenvalue weighted by molar-refractivity contribution is -0.127. The molecule has 2 saturated heterocycles. The maximum Gasteiger partial charge on any atom is 0.243 e. The molecule has 3 N–H and O–H groups in total. The summed E-state index contributed by atoms with van der Waals surface area (Å²) in [6.07, 6.45) is -0.964. The molecule has 0 radical (unpaired) electrons. The van der Waals surface area contributed by atoms with Gasteiger partial charge in [-0.2, -0.15) is 8.61 Å². The molecule has 3 atom stereocenters. The maximum absolute atomic E-state index is 13.8. The number of benzene rings is 2. The van der Waals surface area contributed by atoms with Crippen molar-refractivity contribution in [1.82, 2.24) is 19.2 Å². The maximum atomic E-state index is 13.8. The van der Waals surface area contributed by atoms with Crippen LogP contribution in [-0.4, -0.2) is 114 Å². The molecule has 0 aliphatic carbocycles. The highest BCUT2D eigenvalue weighted by Crippen LogP contribution is 2.23. The lowest BCUT2D eigenvalue weighted by Gasteiger charge is -2.32. The number of morpholine rings is 2. The van der Waals surface area contributed by atoms with E-state index in [-0.39, 0.29) is 60.8 Å². The second-order valence-electron chi connectivity index (χ2n) is 11.2. The average molecular weight is 639 g/mol. The van der Waals surface area contributed by atoms with Crippen LogP contribution in [0.4, 0.5) is 0 Å². The highest BCUT2D eigenvalue weighted by molar-refractivity contribution is 7.89. The van der Waals surface area contributed by atoms with Crippen LogP contribution in [0.2, 0.25) is 0 Å². The molecular weight excluding hydrogens is 596 g/mol. The fourth-order valence-corrected chi connectivity index (χ4v) is 8.08. The number of rotatable bonds is 13. The normalized spacial score (nSPS) is 20.2. The molecule has 0 unspecified atom stereocenters. The number of hydrogen-bond donors (Lipinski definition) is 3. The lowest BCUT2D eigenvalue weighted by Crippen LogP contribution is -2.57. The van der Waals surface area contributed by atoms with Crippen molar-refractivity contribution < 1.29 is 36.2 Å². The summed E-state index contributed by atoms with van der Waals surface area (Å²) in [7, 11) is -7.93. The molecule has 4 rings (SSSR count). The minimum atomic E-state index is -4.13. The second kappa shape index (κ2) is 15.0. The van der Waals surface area contributed by atoms with Gasteiger partial charge in [-0.25, -0.2) is 16.8 Å². The Kier molecular flexibility index (Phi) is 11.7. The molecule has 12 nitrogen and oxygen atoms in total. The van der Waals surface area contributed by atoms with E-state index in [4.69, 9.17) is 9.47 Å². The molecule has 2 heterocycles. The number of hydrogen-bond acceptors (Lipinski definition) is 9. The van der Waals surface area contributed by atoms with E-state index in [1.165, 1.54) is 32.9 Å². The van der Waals surface area contributed by atoms with Crippen molar-refractivity contribution in [2.45, 2.75) is 48.2 Å². The zero-order chi connectivity index (χ0) is 31.0. The van der Waals surface area contributed by atoms with Crippen LogP contribution in [0.1, 0.15) is 19.4 Å². The predicted octanol–water partition coefficient (Wildman–Crippen LogP) is 0.431. The van der Waals surface area contributed by atoms with E-state index in [2.05, 4.69) is 10.6 Å². The van der Waals surface area contributed by atoms with E-state index < -0.39 is 38.2 Å². The summed E-state index contributed by atoms with van der Waals surface area (Å²) in [5, 5.41) is 17.4. The Hall–Kier alpha value is -2.43. The zero-order valence-corrected chi connectivity index (χ0v) is 26.2. The van der Waals surface area contributed by atoms with E-state index in [9.17, 15) is 26.7 Å². The minimum Gasteiger partial charge on any atom is -0.390 e. The third-order valence-corrected chi connectivity index (χ3v) is 11.1. The highest BCUT2D eigenvalue weighted by atomic mass is 32.2. The van der Waals surface area contributed by atoms with Gasteiger partial charge in [-0.15, -0.1) is 0 Å². The first-order chi connectivity index (χ1) is 20.5. The van der Waals surface area contributed by atoms with Gasteiger partial charge in [0.05, 0.1) is 48.4 Å². The quantitative estimate of drug-likeness (QED) is 0.283. The van der Waals surface area contributed by atoms with Crippen molar-refractivity contribution in [3.05, 3.63) is 60.2 Å². The van der Waals surface area contributed by atoms with Crippen molar-refractivity contribution >= 4 is 26.0 Å². The average Bonchev–Trinajstić information content (AvgIpc) is 3.01. The number of carbonyl (C=O) groups is 1. The Bertz CT molecular complexity index is 1390.